The highest BCUT2D eigenvalue weighted by Crippen LogP contribution is 2.44. The maximum Gasteiger partial charge on any atom is 0.307 e. The average Bonchev–Trinajstić information content (AvgIpc) is 3.04. The van der Waals surface area contributed by atoms with Crippen molar-refractivity contribution in [3.05, 3.63) is 11.7 Å². The van der Waals surface area contributed by atoms with E-state index in [1.54, 1.807) is 7.11 Å². The molecule has 2 rings (SSSR count). The zero-order chi connectivity index (χ0) is 14.9. The lowest BCUT2D eigenvalue weighted by molar-refractivity contribution is -0.142. The quantitative estimate of drug-likeness (QED) is 0.893. The Hall–Kier alpha value is -1.43. The van der Waals surface area contributed by atoms with E-state index in [0.717, 1.165) is 12.8 Å². The molecule has 0 amide bonds. The minimum Gasteiger partial charge on any atom is -0.481 e. The number of hydrogen-bond acceptors (Lipinski definition) is 5. The number of ether oxygens (including phenoxy) is 1. The molecule has 0 aromatic carbocycles. The van der Waals surface area contributed by atoms with Gasteiger partial charge in [0.2, 0.25) is 11.7 Å². The Kier molecular flexibility index (Phi) is 4.13. The van der Waals surface area contributed by atoms with Crippen LogP contribution in [0, 0.1) is 11.8 Å². The van der Waals surface area contributed by atoms with E-state index in [4.69, 9.17) is 9.26 Å². The Morgan fingerprint density at radius 3 is 2.75 bits per heavy atom. The van der Waals surface area contributed by atoms with E-state index in [-0.39, 0.29) is 5.92 Å². The summed E-state index contributed by atoms with van der Waals surface area (Å²) in [7, 11) is 1.58. The van der Waals surface area contributed by atoms with Crippen LogP contribution in [0.3, 0.4) is 0 Å². The van der Waals surface area contributed by atoms with Crippen molar-refractivity contribution in [3.63, 3.8) is 0 Å². The van der Waals surface area contributed by atoms with Crippen molar-refractivity contribution in [2.45, 2.75) is 51.6 Å². The third-order valence-corrected chi connectivity index (χ3v) is 4.36. The molecule has 1 heterocycles. The van der Waals surface area contributed by atoms with Gasteiger partial charge in [0.25, 0.3) is 0 Å². The summed E-state index contributed by atoms with van der Waals surface area (Å²) in [5.41, 5.74) is -0.636. The van der Waals surface area contributed by atoms with Crippen LogP contribution in [-0.2, 0) is 15.1 Å². The lowest BCUT2D eigenvalue weighted by Gasteiger charge is -2.17. The van der Waals surface area contributed by atoms with Gasteiger partial charge in [0, 0.05) is 7.11 Å². The molecular formula is C14H22N2O4. The molecule has 1 aliphatic rings. The second kappa shape index (κ2) is 5.52. The van der Waals surface area contributed by atoms with E-state index < -0.39 is 17.5 Å². The Balaban J connectivity index is 2.24. The number of nitrogens with zero attached hydrogens (tertiary/aromatic N) is 2. The van der Waals surface area contributed by atoms with Crippen LogP contribution in [0.1, 0.15) is 57.7 Å². The van der Waals surface area contributed by atoms with Crippen LogP contribution in [-0.4, -0.2) is 28.3 Å². The number of rotatable bonds is 5. The Labute approximate surface area is 118 Å². The Morgan fingerprint density at radius 2 is 2.20 bits per heavy atom. The lowest BCUT2D eigenvalue weighted by Crippen LogP contribution is -2.22. The largest absolute Gasteiger partial charge is 0.481 e. The SMILES string of the molecule is CCC1CC(C(=O)O)C(c2nc(C(C)(C)OC)no2)C1. The van der Waals surface area contributed by atoms with Crippen molar-refractivity contribution >= 4 is 5.97 Å². The zero-order valence-electron chi connectivity index (χ0n) is 12.4. The van der Waals surface area contributed by atoms with E-state index >= 15 is 0 Å². The first kappa shape index (κ1) is 15.0. The standard InChI is InChI=1S/C14H22N2O4/c1-5-8-6-9(10(7-8)12(17)18)11-15-13(16-20-11)14(2,3)19-4/h8-10H,5-7H2,1-4H3,(H,17,18). The molecule has 20 heavy (non-hydrogen) atoms. The summed E-state index contributed by atoms with van der Waals surface area (Å²) in [4.78, 5) is 15.8. The zero-order valence-corrected chi connectivity index (χ0v) is 12.4. The van der Waals surface area contributed by atoms with E-state index in [1.165, 1.54) is 0 Å². The van der Waals surface area contributed by atoms with Crippen LogP contribution in [0.2, 0.25) is 0 Å². The summed E-state index contributed by atoms with van der Waals surface area (Å²) < 4.78 is 10.6. The van der Waals surface area contributed by atoms with E-state index in [0.29, 0.717) is 24.1 Å². The van der Waals surface area contributed by atoms with E-state index in [2.05, 4.69) is 17.1 Å². The number of carboxylic acid groups (broad SMARTS) is 1. The highest BCUT2D eigenvalue weighted by Gasteiger charge is 2.42. The van der Waals surface area contributed by atoms with Gasteiger partial charge in [-0.15, -0.1) is 0 Å². The van der Waals surface area contributed by atoms with Gasteiger partial charge in [-0.2, -0.15) is 4.98 Å². The maximum atomic E-state index is 11.4. The fourth-order valence-corrected chi connectivity index (χ4v) is 2.74. The van der Waals surface area contributed by atoms with Crippen molar-refractivity contribution in [1.29, 1.82) is 0 Å². The minimum absolute atomic E-state index is 0.189. The van der Waals surface area contributed by atoms with Crippen LogP contribution >= 0.6 is 0 Å². The molecule has 112 valence electrons. The van der Waals surface area contributed by atoms with Crippen molar-refractivity contribution < 1.29 is 19.2 Å². The third kappa shape index (κ3) is 2.70. The summed E-state index contributed by atoms with van der Waals surface area (Å²) in [5, 5.41) is 13.3. The van der Waals surface area contributed by atoms with Gasteiger partial charge in [-0.3, -0.25) is 4.79 Å². The molecule has 1 fully saturated rings. The van der Waals surface area contributed by atoms with Crippen LogP contribution < -0.4 is 0 Å². The van der Waals surface area contributed by atoms with Crippen molar-refractivity contribution in [3.8, 4) is 0 Å². The van der Waals surface area contributed by atoms with Crippen molar-refractivity contribution in [1.82, 2.24) is 10.1 Å². The Bertz CT molecular complexity index is 483. The molecule has 0 aliphatic heterocycles. The fraction of sp³-hybridized carbons (Fsp3) is 0.786. The molecule has 3 atom stereocenters. The molecule has 6 nitrogen and oxygen atoms in total. The van der Waals surface area contributed by atoms with E-state index in [9.17, 15) is 9.90 Å². The first-order valence-corrected chi connectivity index (χ1v) is 7.01. The molecule has 1 aromatic rings. The molecule has 1 N–H and O–H groups in total. The Morgan fingerprint density at radius 1 is 1.50 bits per heavy atom. The van der Waals surface area contributed by atoms with Crippen molar-refractivity contribution in [2.75, 3.05) is 7.11 Å². The minimum atomic E-state index is -0.781. The number of carbonyl (C=O) groups is 1. The normalized spacial score (nSPS) is 26.9. The topological polar surface area (TPSA) is 85.5 Å². The molecule has 0 saturated heterocycles. The van der Waals surface area contributed by atoms with Crippen LogP contribution in [0.25, 0.3) is 0 Å². The first-order chi connectivity index (χ1) is 9.39. The van der Waals surface area contributed by atoms with Crippen LogP contribution in [0.5, 0.6) is 0 Å². The molecule has 0 spiro atoms. The van der Waals surface area contributed by atoms with E-state index in [1.807, 2.05) is 13.8 Å². The molecule has 3 unspecified atom stereocenters. The number of carboxylic acids is 1. The fourth-order valence-electron chi connectivity index (χ4n) is 2.74. The molecule has 0 radical (unpaired) electrons. The predicted molar refractivity (Wildman–Crippen MR) is 71.2 cm³/mol. The third-order valence-electron chi connectivity index (χ3n) is 4.36. The smallest absolute Gasteiger partial charge is 0.307 e. The summed E-state index contributed by atoms with van der Waals surface area (Å²) >= 11 is 0. The van der Waals surface area contributed by atoms with Crippen LogP contribution in [0.4, 0.5) is 0 Å². The van der Waals surface area contributed by atoms with Gasteiger partial charge in [-0.25, -0.2) is 0 Å². The predicted octanol–water partition coefficient (Wildman–Crippen LogP) is 2.56. The van der Waals surface area contributed by atoms with Crippen LogP contribution in [0.15, 0.2) is 4.52 Å². The number of aliphatic carboxylic acids is 1. The van der Waals surface area contributed by atoms with Crippen molar-refractivity contribution in [2.24, 2.45) is 11.8 Å². The maximum absolute atomic E-state index is 11.4. The summed E-state index contributed by atoms with van der Waals surface area (Å²) in [6, 6.07) is 0. The second-order valence-corrected chi connectivity index (χ2v) is 5.97. The number of methoxy groups -OCH3 is 1. The van der Waals surface area contributed by atoms with Gasteiger partial charge in [0.05, 0.1) is 11.8 Å². The van der Waals surface area contributed by atoms with Gasteiger partial charge >= 0.3 is 5.97 Å². The highest BCUT2D eigenvalue weighted by molar-refractivity contribution is 5.71. The highest BCUT2D eigenvalue weighted by atomic mass is 16.5. The van der Waals surface area contributed by atoms with Gasteiger partial charge in [-0.05, 0) is 32.6 Å². The molecule has 1 aromatic heterocycles. The first-order valence-electron chi connectivity index (χ1n) is 7.01. The summed E-state index contributed by atoms with van der Waals surface area (Å²) in [5.74, 6) is -0.110. The van der Waals surface area contributed by atoms with Gasteiger partial charge in [-0.1, -0.05) is 18.5 Å². The average molecular weight is 282 g/mol. The molecule has 1 saturated carbocycles. The lowest BCUT2D eigenvalue weighted by atomic mass is 9.96. The van der Waals surface area contributed by atoms with Gasteiger partial charge in [0.15, 0.2) is 0 Å². The van der Waals surface area contributed by atoms with Gasteiger partial charge in [0.1, 0.15) is 5.60 Å². The summed E-state index contributed by atoms with van der Waals surface area (Å²) in [6.07, 6.45) is 2.45. The second-order valence-electron chi connectivity index (χ2n) is 5.97. The monoisotopic (exact) mass is 282 g/mol. The molecule has 1 aliphatic carbocycles. The molecule has 0 bridgehead atoms. The summed E-state index contributed by atoms with van der Waals surface area (Å²) in [6.45, 7) is 5.78. The number of hydrogen-bond donors (Lipinski definition) is 1. The number of aromatic nitrogens is 2. The molecular weight excluding hydrogens is 260 g/mol. The molecule has 6 heteroatoms. The van der Waals surface area contributed by atoms with Gasteiger partial charge < -0.3 is 14.4 Å².